The number of ether oxygens (including phenoxy) is 1. The molecular formula is C23H20N6O4. The van der Waals surface area contributed by atoms with E-state index in [2.05, 4.69) is 20.6 Å². The Morgan fingerprint density at radius 2 is 1.97 bits per heavy atom. The number of carbonyl (C=O) groups excluding carboxylic acids is 1. The molecule has 166 valence electrons. The minimum absolute atomic E-state index is 0.0708. The Balaban J connectivity index is 1.40. The average Bonchev–Trinajstić information content (AvgIpc) is 3.23. The van der Waals surface area contributed by atoms with Gasteiger partial charge in [-0.1, -0.05) is 29.5 Å². The van der Waals surface area contributed by atoms with Crippen LogP contribution in [0, 0.1) is 17.0 Å². The van der Waals surface area contributed by atoms with Gasteiger partial charge in [0.15, 0.2) is 5.69 Å². The zero-order chi connectivity index (χ0) is 23.2. The van der Waals surface area contributed by atoms with Crippen molar-refractivity contribution in [2.45, 2.75) is 20.1 Å². The molecule has 10 nitrogen and oxygen atoms in total. The van der Waals surface area contributed by atoms with Crippen molar-refractivity contribution in [1.29, 1.82) is 0 Å². The fraction of sp³-hybridized carbons (Fsp3) is 0.130. The lowest BCUT2D eigenvalue weighted by Crippen LogP contribution is -2.24. The lowest BCUT2D eigenvalue weighted by molar-refractivity contribution is -0.384. The van der Waals surface area contributed by atoms with Crippen LogP contribution in [0.2, 0.25) is 0 Å². The summed E-state index contributed by atoms with van der Waals surface area (Å²) in [5.41, 5.74) is 2.66. The first kappa shape index (κ1) is 21.6. The molecule has 0 atom stereocenters. The van der Waals surface area contributed by atoms with E-state index in [0.717, 1.165) is 11.3 Å². The van der Waals surface area contributed by atoms with Crippen molar-refractivity contribution in [2.75, 3.05) is 0 Å². The summed E-state index contributed by atoms with van der Waals surface area (Å²) in [6, 6.07) is 19.0. The van der Waals surface area contributed by atoms with E-state index in [1.807, 2.05) is 42.5 Å². The summed E-state index contributed by atoms with van der Waals surface area (Å²) in [6.45, 7) is 2.29. The summed E-state index contributed by atoms with van der Waals surface area (Å²) in [5.74, 6) is 0.268. The van der Waals surface area contributed by atoms with Crippen molar-refractivity contribution < 1.29 is 14.5 Å². The third-order valence-electron chi connectivity index (χ3n) is 4.86. The SMILES string of the molecule is Cc1c(C(=O)NCc2cccc(OCc3ccccn3)c2)nnn1-c1cccc([N+](=O)[O-])c1. The predicted molar refractivity (Wildman–Crippen MR) is 119 cm³/mol. The molecule has 1 amide bonds. The van der Waals surface area contributed by atoms with Crippen LogP contribution in [0.5, 0.6) is 5.75 Å². The largest absolute Gasteiger partial charge is 0.487 e. The van der Waals surface area contributed by atoms with E-state index in [9.17, 15) is 14.9 Å². The Labute approximate surface area is 189 Å². The number of nitro benzene ring substituents is 1. The third-order valence-corrected chi connectivity index (χ3v) is 4.86. The van der Waals surface area contributed by atoms with Crippen molar-refractivity contribution in [2.24, 2.45) is 0 Å². The van der Waals surface area contributed by atoms with Gasteiger partial charge in [0.05, 0.1) is 22.0 Å². The first-order chi connectivity index (χ1) is 16.0. The molecule has 2 aromatic heterocycles. The molecule has 4 aromatic rings. The van der Waals surface area contributed by atoms with Crippen LogP contribution in [-0.4, -0.2) is 30.8 Å². The minimum Gasteiger partial charge on any atom is -0.487 e. The average molecular weight is 444 g/mol. The molecule has 0 aliphatic heterocycles. The monoisotopic (exact) mass is 444 g/mol. The summed E-state index contributed by atoms with van der Waals surface area (Å²) in [5, 5.41) is 21.8. The van der Waals surface area contributed by atoms with E-state index >= 15 is 0 Å². The maximum atomic E-state index is 12.7. The van der Waals surface area contributed by atoms with E-state index in [4.69, 9.17) is 4.74 Å². The highest BCUT2D eigenvalue weighted by Crippen LogP contribution is 2.19. The first-order valence-electron chi connectivity index (χ1n) is 10.1. The van der Waals surface area contributed by atoms with E-state index in [1.54, 1.807) is 25.3 Å². The molecular weight excluding hydrogens is 424 g/mol. The van der Waals surface area contributed by atoms with Gasteiger partial charge in [-0.3, -0.25) is 19.9 Å². The molecule has 0 radical (unpaired) electrons. The van der Waals surface area contributed by atoms with Gasteiger partial charge in [-0.05, 0) is 42.8 Å². The number of carbonyl (C=O) groups is 1. The Kier molecular flexibility index (Phi) is 6.35. The fourth-order valence-electron chi connectivity index (χ4n) is 3.17. The second-order valence-electron chi connectivity index (χ2n) is 7.15. The molecule has 0 fully saturated rings. The van der Waals surface area contributed by atoms with Crippen LogP contribution in [0.25, 0.3) is 5.69 Å². The third kappa shape index (κ3) is 5.18. The van der Waals surface area contributed by atoms with E-state index in [0.29, 0.717) is 23.7 Å². The first-order valence-corrected chi connectivity index (χ1v) is 10.1. The Bertz CT molecular complexity index is 1290. The quantitative estimate of drug-likeness (QED) is 0.326. The summed E-state index contributed by atoms with van der Waals surface area (Å²) < 4.78 is 7.17. The smallest absolute Gasteiger partial charge is 0.274 e. The van der Waals surface area contributed by atoms with Gasteiger partial charge in [-0.25, -0.2) is 4.68 Å². The standard InChI is InChI=1S/C23H20N6O4/c1-16-22(26-27-28(16)19-8-5-9-20(13-19)29(31)32)23(30)25-14-17-6-4-10-21(12-17)33-15-18-7-2-3-11-24-18/h2-13H,14-15H2,1H3,(H,25,30). The van der Waals surface area contributed by atoms with Crippen molar-refractivity contribution in [1.82, 2.24) is 25.3 Å². The van der Waals surface area contributed by atoms with Crippen LogP contribution in [0.1, 0.15) is 27.4 Å². The number of non-ortho nitro benzene ring substituents is 1. The number of rotatable bonds is 8. The number of aromatic nitrogens is 4. The summed E-state index contributed by atoms with van der Waals surface area (Å²) in [6.07, 6.45) is 1.71. The molecule has 0 aliphatic carbocycles. The molecule has 2 heterocycles. The molecule has 0 aliphatic rings. The second kappa shape index (κ2) is 9.69. The highest BCUT2D eigenvalue weighted by atomic mass is 16.6. The number of nitro groups is 1. The van der Waals surface area contributed by atoms with E-state index < -0.39 is 10.8 Å². The van der Waals surface area contributed by atoms with Gasteiger partial charge in [0.1, 0.15) is 12.4 Å². The normalized spacial score (nSPS) is 10.6. The molecule has 2 aromatic carbocycles. The summed E-state index contributed by atoms with van der Waals surface area (Å²) in [4.78, 5) is 27.4. The zero-order valence-corrected chi connectivity index (χ0v) is 17.7. The molecule has 0 bridgehead atoms. The number of nitrogens with one attached hydrogen (secondary N) is 1. The molecule has 0 saturated heterocycles. The van der Waals surface area contributed by atoms with E-state index in [-0.39, 0.29) is 17.9 Å². The van der Waals surface area contributed by atoms with Crippen LogP contribution < -0.4 is 10.1 Å². The van der Waals surface area contributed by atoms with Gasteiger partial charge in [0.25, 0.3) is 11.6 Å². The van der Waals surface area contributed by atoms with Gasteiger partial charge < -0.3 is 10.1 Å². The lowest BCUT2D eigenvalue weighted by Gasteiger charge is -2.09. The van der Waals surface area contributed by atoms with E-state index in [1.165, 1.54) is 16.8 Å². The second-order valence-corrected chi connectivity index (χ2v) is 7.15. The molecule has 33 heavy (non-hydrogen) atoms. The summed E-state index contributed by atoms with van der Waals surface area (Å²) in [7, 11) is 0. The predicted octanol–water partition coefficient (Wildman–Crippen LogP) is 3.39. The lowest BCUT2D eigenvalue weighted by atomic mass is 10.2. The van der Waals surface area contributed by atoms with Crippen LogP contribution in [0.15, 0.2) is 72.9 Å². The number of nitrogens with zero attached hydrogens (tertiary/aromatic N) is 5. The number of hydrogen-bond acceptors (Lipinski definition) is 7. The highest BCUT2D eigenvalue weighted by molar-refractivity contribution is 5.93. The van der Waals surface area contributed by atoms with Crippen LogP contribution in [0.3, 0.4) is 0 Å². The van der Waals surface area contributed by atoms with Crippen molar-refractivity contribution in [3.63, 3.8) is 0 Å². The van der Waals surface area contributed by atoms with Crippen LogP contribution >= 0.6 is 0 Å². The molecule has 1 N–H and O–H groups in total. The zero-order valence-electron chi connectivity index (χ0n) is 17.7. The molecule has 0 spiro atoms. The molecule has 0 unspecified atom stereocenters. The van der Waals surface area contributed by atoms with Gasteiger partial charge in [0.2, 0.25) is 0 Å². The fourth-order valence-corrected chi connectivity index (χ4v) is 3.17. The number of pyridine rings is 1. The highest BCUT2D eigenvalue weighted by Gasteiger charge is 2.18. The summed E-state index contributed by atoms with van der Waals surface area (Å²) >= 11 is 0. The van der Waals surface area contributed by atoms with Crippen molar-refractivity contribution >= 4 is 11.6 Å². The maximum Gasteiger partial charge on any atom is 0.274 e. The van der Waals surface area contributed by atoms with Gasteiger partial charge in [0, 0.05) is 24.9 Å². The van der Waals surface area contributed by atoms with Crippen molar-refractivity contribution in [3.8, 4) is 11.4 Å². The Hall–Kier alpha value is -4.60. The topological polar surface area (TPSA) is 125 Å². The maximum absolute atomic E-state index is 12.7. The van der Waals surface area contributed by atoms with Gasteiger partial charge >= 0.3 is 0 Å². The number of hydrogen-bond donors (Lipinski definition) is 1. The van der Waals surface area contributed by atoms with Crippen LogP contribution in [-0.2, 0) is 13.2 Å². The van der Waals surface area contributed by atoms with Gasteiger partial charge in [-0.15, -0.1) is 5.10 Å². The Morgan fingerprint density at radius 3 is 2.76 bits per heavy atom. The van der Waals surface area contributed by atoms with Gasteiger partial charge in [-0.2, -0.15) is 0 Å². The van der Waals surface area contributed by atoms with Crippen molar-refractivity contribution in [3.05, 3.63) is 106 Å². The number of amides is 1. The molecule has 0 saturated carbocycles. The minimum atomic E-state index is -0.489. The number of benzene rings is 2. The van der Waals surface area contributed by atoms with Crippen LogP contribution in [0.4, 0.5) is 5.69 Å². The molecule has 10 heteroatoms. The molecule has 4 rings (SSSR count). The Morgan fingerprint density at radius 1 is 1.12 bits per heavy atom.